The molecule has 3 nitrogen and oxygen atoms in total. The summed E-state index contributed by atoms with van der Waals surface area (Å²) < 4.78 is 37.6. The summed E-state index contributed by atoms with van der Waals surface area (Å²) in [6.07, 6.45) is -3.49. The van der Waals surface area contributed by atoms with Crippen LogP contribution in [0.1, 0.15) is 19.8 Å². The highest BCUT2D eigenvalue weighted by Gasteiger charge is 2.42. The molecule has 0 saturated carbocycles. The van der Waals surface area contributed by atoms with Gasteiger partial charge in [0.05, 0.1) is 12.0 Å². The predicted molar refractivity (Wildman–Crippen MR) is 53.9 cm³/mol. The number of halogens is 3. The van der Waals surface area contributed by atoms with Crippen molar-refractivity contribution in [1.29, 1.82) is 0 Å². The lowest BCUT2D eigenvalue weighted by Gasteiger charge is -2.36. The van der Waals surface area contributed by atoms with Crippen LogP contribution in [0.15, 0.2) is 0 Å². The third-order valence-electron chi connectivity index (χ3n) is 3.09. The molecule has 16 heavy (non-hydrogen) atoms. The van der Waals surface area contributed by atoms with Gasteiger partial charge in [-0.1, -0.05) is 0 Å². The van der Waals surface area contributed by atoms with Crippen molar-refractivity contribution in [2.24, 2.45) is 5.92 Å². The number of carbonyl (C=O) groups is 1. The second-order valence-corrected chi connectivity index (χ2v) is 4.17. The molecule has 1 saturated heterocycles. The van der Waals surface area contributed by atoms with Crippen molar-refractivity contribution in [2.75, 3.05) is 20.1 Å². The Bertz CT molecular complexity index is 255. The maximum atomic E-state index is 12.5. The van der Waals surface area contributed by atoms with E-state index in [0.717, 1.165) is 0 Å². The number of nitrogens with zero attached hydrogens (tertiary/aromatic N) is 1. The Morgan fingerprint density at radius 2 is 2.12 bits per heavy atom. The Morgan fingerprint density at radius 1 is 1.50 bits per heavy atom. The lowest BCUT2D eigenvalue weighted by molar-refractivity contribution is -0.188. The summed E-state index contributed by atoms with van der Waals surface area (Å²) in [6, 6.07) is -0.491. The fourth-order valence-corrected chi connectivity index (χ4v) is 2.00. The summed E-state index contributed by atoms with van der Waals surface area (Å²) in [5.41, 5.74) is 0. The summed E-state index contributed by atoms with van der Waals surface area (Å²) in [4.78, 5) is 12.9. The summed E-state index contributed by atoms with van der Waals surface area (Å²) in [5.74, 6) is -1.53. The zero-order valence-electron chi connectivity index (χ0n) is 9.47. The zero-order valence-corrected chi connectivity index (χ0v) is 9.47. The summed E-state index contributed by atoms with van der Waals surface area (Å²) in [6.45, 7) is 2.12. The number of carbonyl (C=O) groups excluding carboxylic acids is 1. The minimum Gasteiger partial charge on any atom is -0.358 e. The first-order valence-corrected chi connectivity index (χ1v) is 5.38. The average Bonchev–Trinajstić information content (AvgIpc) is 2.26. The van der Waals surface area contributed by atoms with Gasteiger partial charge in [-0.25, -0.2) is 0 Å². The van der Waals surface area contributed by atoms with E-state index < -0.39 is 18.1 Å². The van der Waals surface area contributed by atoms with Crippen LogP contribution in [0.3, 0.4) is 0 Å². The maximum absolute atomic E-state index is 12.5. The van der Waals surface area contributed by atoms with E-state index in [0.29, 0.717) is 13.0 Å². The van der Waals surface area contributed by atoms with Crippen molar-refractivity contribution in [3.05, 3.63) is 0 Å². The fraction of sp³-hybridized carbons (Fsp3) is 0.900. The molecule has 1 heterocycles. The van der Waals surface area contributed by atoms with Crippen LogP contribution in [0.5, 0.6) is 0 Å². The summed E-state index contributed by atoms with van der Waals surface area (Å²) in [7, 11) is 1.49. The number of alkyl halides is 3. The van der Waals surface area contributed by atoms with Gasteiger partial charge in [0.2, 0.25) is 5.91 Å². The number of piperidine rings is 1. The minimum absolute atomic E-state index is 0.0713. The maximum Gasteiger partial charge on any atom is 0.393 e. The highest BCUT2D eigenvalue weighted by atomic mass is 19.4. The van der Waals surface area contributed by atoms with Crippen LogP contribution in [0, 0.1) is 5.92 Å². The molecular formula is C10H17F3N2O. The third kappa shape index (κ3) is 3.10. The average molecular weight is 238 g/mol. The first kappa shape index (κ1) is 13.3. The van der Waals surface area contributed by atoms with E-state index >= 15 is 0 Å². The van der Waals surface area contributed by atoms with Gasteiger partial charge in [0.25, 0.3) is 0 Å². The molecule has 1 amide bonds. The third-order valence-corrected chi connectivity index (χ3v) is 3.09. The molecular weight excluding hydrogens is 221 g/mol. The molecule has 6 heteroatoms. The highest BCUT2D eigenvalue weighted by molar-refractivity contribution is 5.80. The number of nitrogens with one attached hydrogen (secondary N) is 1. The Balaban J connectivity index is 2.60. The van der Waals surface area contributed by atoms with E-state index in [-0.39, 0.29) is 18.9 Å². The zero-order chi connectivity index (χ0) is 12.3. The standard InChI is InChI=1S/C10H17F3N2O/c1-7(9(16)14-2)15-5-3-4-8(6-15)10(11,12)13/h7-8H,3-6H2,1-2H3,(H,14,16)/t7-,8+/m1/s1. The van der Waals surface area contributed by atoms with Gasteiger partial charge in [0, 0.05) is 13.6 Å². The van der Waals surface area contributed by atoms with Gasteiger partial charge < -0.3 is 5.32 Å². The summed E-state index contributed by atoms with van der Waals surface area (Å²) in [5, 5.41) is 2.45. The lowest BCUT2D eigenvalue weighted by Crippen LogP contribution is -2.50. The van der Waals surface area contributed by atoms with Gasteiger partial charge in [0.15, 0.2) is 0 Å². The molecule has 0 spiro atoms. The van der Waals surface area contributed by atoms with Gasteiger partial charge in [0.1, 0.15) is 0 Å². The number of hydrogen-bond acceptors (Lipinski definition) is 2. The fourth-order valence-electron chi connectivity index (χ4n) is 2.00. The van der Waals surface area contributed by atoms with Crippen LogP contribution >= 0.6 is 0 Å². The normalized spacial score (nSPS) is 25.2. The molecule has 1 N–H and O–H groups in total. The molecule has 0 bridgehead atoms. The van der Waals surface area contributed by atoms with Gasteiger partial charge in [-0.2, -0.15) is 13.2 Å². The molecule has 0 aromatic carbocycles. The molecule has 0 aromatic heterocycles. The van der Waals surface area contributed by atoms with Crippen molar-refractivity contribution in [2.45, 2.75) is 32.0 Å². The largest absolute Gasteiger partial charge is 0.393 e. The van der Waals surface area contributed by atoms with Crippen molar-refractivity contribution >= 4 is 5.91 Å². The Morgan fingerprint density at radius 3 is 2.62 bits per heavy atom. The van der Waals surface area contributed by atoms with Crippen LogP contribution in [-0.4, -0.2) is 43.2 Å². The van der Waals surface area contributed by atoms with Crippen LogP contribution < -0.4 is 5.32 Å². The van der Waals surface area contributed by atoms with Crippen molar-refractivity contribution < 1.29 is 18.0 Å². The number of likely N-dealkylation sites (N-methyl/N-ethyl adjacent to an activating group) is 1. The Hall–Kier alpha value is -0.780. The van der Waals surface area contributed by atoms with Gasteiger partial charge in [-0.15, -0.1) is 0 Å². The van der Waals surface area contributed by atoms with E-state index in [2.05, 4.69) is 5.32 Å². The Labute approximate surface area is 93.0 Å². The van der Waals surface area contributed by atoms with Crippen LogP contribution in [0.25, 0.3) is 0 Å². The molecule has 0 aromatic rings. The second kappa shape index (κ2) is 5.03. The molecule has 1 aliphatic heterocycles. The smallest absolute Gasteiger partial charge is 0.358 e. The van der Waals surface area contributed by atoms with Crippen LogP contribution in [-0.2, 0) is 4.79 Å². The topological polar surface area (TPSA) is 32.3 Å². The van der Waals surface area contributed by atoms with E-state index in [9.17, 15) is 18.0 Å². The van der Waals surface area contributed by atoms with Crippen molar-refractivity contribution in [1.82, 2.24) is 10.2 Å². The molecule has 0 radical (unpaired) electrons. The van der Waals surface area contributed by atoms with E-state index in [1.807, 2.05) is 0 Å². The van der Waals surface area contributed by atoms with Crippen molar-refractivity contribution in [3.63, 3.8) is 0 Å². The first-order chi connectivity index (χ1) is 7.36. The number of likely N-dealkylation sites (tertiary alicyclic amines) is 1. The number of rotatable bonds is 2. The van der Waals surface area contributed by atoms with Crippen LogP contribution in [0.4, 0.5) is 13.2 Å². The monoisotopic (exact) mass is 238 g/mol. The SMILES string of the molecule is CNC(=O)[C@@H](C)N1CCC[C@H](C(F)(F)F)C1. The Kier molecular flexibility index (Phi) is 4.18. The number of hydrogen-bond donors (Lipinski definition) is 1. The molecule has 0 aliphatic carbocycles. The summed E-state index contributed by atoms with van der Waals surface area (Å²) >= 11 is 0. The molecule has 1 aliphatic rings. The molecule has 0 unspecified atom stereocenters. The van der Waals surface area contributed by atoms with E-state index in [1.165, 1.54) is 7.05 Å². The van der Waals surface area contributed by atoms with Crippen molar-refractivity contribution in [3.8, 4) is 0 Å². The predicted octanol–water partition coefficient (Wildman–Crippen LogP) is 1.40. The first-order valence-electron chi connectivity index (χ1n) is 5.38. The van der Waals surface area contributed by atoms with E-state index in [1.54, 1.807) is 11.8 Å². The lowest BCUT2D eigenvalue weighted by atomic mass is 9.96. The molecule has 1 fully saturated rings. The van der Waals surface area contributed by atoms with E-state index in [4.69, 9.17) is 0 Å². The van der Waals surface area contributed by atoms with Gasteiger partial charge in [-0.05, 0) is 26.3 Å². The number of amides is 1. The molecule has 94 valence electrons. The quantitative estimate of drug-likeness (QED) is 0.788. The van der Waals surface area contributed by atoms with Gasteiger partial charge >= 0.3 is 6.18 Å². The van der Waals surface area contributed by atoms with Gasteiger partial charge in [-0.3, -0.25) is 9.69 Å². The molecule has 1 rings (SSSR count). The second-order valence-electron chi connectivity index (χ2n) is 4.17. The molecule has 2 atom stereocenters. The highest BCUT2D eigenvalue weighted by Crippen LogP contribution is 2.33. The minimum atomic E-state index is -4.15. The van der Waals surface area contributed by atoms with Crippen LogP contribution in [0.2, 0.25) is 0 Å².